The summed E-state index contributed by atoms with van der Waals surface area (Å²) in [6, 6.07) is 13.8. The van der Waals surface area contributed by atoms with Crippen molar-refractivity contribution in [1.82, 2.24) is 0 Å². The predicted octanol–water partition coefficient (Wildman–Crippen LogP) is 6.56. The molecule has 0 amide bonds. The Morgan fingerprint density at radius 1 is 1.05 bits per heavy atom. The van der Waals surface area contributed by atoms with Gasteiger partial charge in [-0.1, -0.05) is 50.6 Å². The maximum Gasteiger partial charge on any atom is 0.133 e. The summed E-state index contributed by atoms with van der Waals surface area (Å²) >= 11 is 12.1. The molecule has 0 saturated carbocycles. The van der Waals surface area contributed by atoms with Crippen molar-refractivity contribution in [3.63, 3.8) is 0 Å². The lowest BCUT2D eigenvalue weighted by atomic mass is 9.82. The van der Waals surface area contributed by atoms with Crippen molar-refractivity contribution >= 4 is 23.2 Å². The van der Waals surface area contributed by atoms with E-state index in [1.807, 2.05) is 30.3 Å². The summed E-state index contributed by atoms with van der Waals surface area (Å²) in [5.74, 6) is 1.83. The highest BCUT2D eigenvalue weighted by molar-refractivity contribution is 6.32. The second-order valence-corrected chi connectivity index (χ2v) is 6.39. The second-order valence-electron chi connectivity index (χ2n) is 5.71. The maximum absolute atomic E-state index is 6.14. The van der Waals surface area contributed by atoms with E-state index in [0.717, 1.165) is 17.7 Å². The van der Waals surface area contributed by atoms with E-state index >= 15 is 0 Å². The third-order valence-corrected chi connectivity index (χ3v) is 4.58. The van der Waals surface area contributed by atoms with E-state index in [-0.39, 0.29) is 5.41 Å². The van der Waals surface area contributed by atoms with Gasteiger partial charge in [0.25, 0.3) is 0 Å². The van der Waals surface area contributed by atoms with Gasteiger partial charge in [0.05, 0.1) is 5.88 Å². The molecule has 0 spiro atoms. The average molecular weight is 323 g/mol. The predicted molar refractivity (Wildman–Crippen MR) is 90.8 cm³/mol. The summed E-state index contributed by atoms with van der Waals surface area (Å²) in [5.41, 5.74) is 2.30. The van der Waals surface area contributed by atoms with Crippen LogP contribution in [0.4, 0.5) is 0 Å². The first kappa shape index (κ1) is 16.2. The molecule has 0 fully saturated rings. The van der Waals surface area contributed by atoms with Crippen molar-refractivity contribution in [3.05, 3.63) is 58.6 Å². The van der Waals surface area contributed by atoms with Crippen molar-refractivity contribution in [2.24, 2.45) is 0 Å². The Labute approximate surface area is 136 Å². The van der Waals surface area contributed by atoms with Gasteiger partial charge >= 0.3 is 0 Å². The Hall–Kier alpha value is -1.18. The van der Waals surface area contributed by atoms with E-state index in [1.165, 1.54) is 5.56 Å². The third-order valence-electron chi connectivity index (χ3n) is 3.96. The van der Waals surface area contributed by atoms with Crippen molar-refractivity contribution < 1.29 is 4.74 Å². The van der Waals surface area contributed by atoms with Crippen LogP contribution in [0.1, 0.15) is 38.3 Å². The van der Waals surface area contributed by atoms with E-state index < -0.39 is 0 Å². The zero-order chi connectivity index (χ0) is 15.5. The molecule has 112 valence electrons. The molecule has 3 heteroatoms. The van der Waals surface area contributed by atoms with Crippen molar-refractivity contribution in [3.8, 4) is 11.5 Å². The maximum atomic E-state index is 6.14. The van der Waals surface area contributed by atoms with Gasteiger partial charge < -0.3 is 4.74 Å². The van der Waals surface area contributed by atoms with Gasteiger partial charge in [-0.15, -0.1) is 11.6 Å². The fraction of sp³-hybridized carbons (Fsp3) is 0.333. The molecule has 0 aliphatic heterocycles. The summed E-state index contributed by atoms with van der Waals surface area (Å²) in [6.45, 7) is 6.68. The third kappa shape index (κ3) is 3.72. The van der Waals surface area contributed by atoms with Crippen LogP contribution in [0, 0.1) is 0 Å². The van der Waals surface area contributed by atoms with Crippen LogP contribution >= 0.6 is 23.2 Å². The topological polar surface area (TPSA) is 9.23 Å². The average Bonchev–Trinajstić information content (AvgIpc) is 2.48. The fourth-order valence-corrected chi connectivity index (χ4v) is 2.65. The van der Waals surface area contributed by atoms with Crippen LogP contribution < -0.4 is 4.74 Å². The molecule has 0 N–H and O–H groups in total. The molecule has 0 saturated heterocycles. The summed E-state index contributed by atoms with van der Waals surface area (Å²) in [5, 5.41) is 0.631. The van der Waals surface area contributed by atoms with E-state index in [9.17, 15) is 0 Å². The van der Waals surface area contributed by atoms with Gasteiger partial charge in [0, 0.05) is 10.6 Å². The summed E-state index contributed by atoms with van der Waals surface area (Å²) in [7, 11) is 0. The minimum absolute atomic E-state index is 0.176. The first-order chi connectivity index (χ1) is 9.97. The highest BCUT2D eigenvalue weighted by atomic mass is 35.5. The van der Waals surface area contributed by atoms with Gasteiger partial charge in [-0.2, -0.15) is 0 Å². The normalized spacial score (nSPS) is 11.5. The quantitative estimate of drug-likeness (QED) is 0.566. The second kappa shape index (κ2) is 6.72. The van der Waals surface area contributed by atoms with Crippen LogP contribution in [0.3, 0.4) is 0 Å². The molecule has 2 aromatic rings. The van der Waals surface area contributed by atoms with Gasteiger partial charge in [-0.25, -0.2) is 0 Å². The molecule has 0 radical (unpaired) electrons. The first-order valence-corrected chi connectivity index (χ1v) is 8.01. The number of halogens is 2. The highest BCUT2D eigenvalue weighted by Crippen LogP contribution is 2.33. The van der Waals surface area contributed by atoms with E-state index in [4.69, 9.17) is 27.9 Å². The monoisotopic (exact) mass is 322 g/mol. The molecular formula is C18H20Cl2O. The molecular weight excluding hydrogens is 303 g/mol. The molecule has 0 aromatic heterocycles. The van der Waals surface area contributed by atoms with Crippen LogP contribution in [0.5, 0.6) is 11.5 Å². The Morgan fingerprint density at radius 3 is 2.29 bits per heavy atom. The van der Waals surface area contributed by atoms with Crippen molar-refractivity contribution in [1.29, 1.82) is 0 Å². The van der Waals surface area contributed by atoms with E-state index in [0.29, 0.717) is 16.7 Å². The molecule has 21 heavy (non-hydrogen) atoms. The Balaban J connectivity index is 2.24. The minimum Gasteiger partial charge on any atom is -0.457 e. The van der Waals surface area contributed by atoms with Crippen LogP contribution in [-0.2, 0) is 11.3 Å². The lowest BCUT2D eigenvalue weighted by molar-refractivity contribution is 0.474. The van der Waals surface area contributed by atoms with Gasteiger partial charge in [-0.05, 0) is 41.7 Å². The molecule has 0 aliphatic rings. The zero-order valence-electron chi connectivity index (χ0n) is 12.6. The molecule has 0 bridgehead atoms. The fourth-order valence-electron chi connectivity index (χ4n) is 2.07. The highest BCUT2D eigenvalue weighted by Gasteiger charge is 2.17. The number of benzene rings is 2. The van der Waals surface area contributed by atoms with Crippen molar-refractivity contribution in [2.45, 2.75) is 38.5 Å². The lowest BCUT2D eigenvalue weighted by Gasteiger charge is -2.23. The zero-order valence-corrected chi connectivity index (χ0v) is 14.1. The molecule has 2 aromatic carbocycles. The standard InChI is InChI=1S/C18H20Cl2O/c1-4-18(2,3)13-8-10-14(11-9-13)21-17-7-5-6-16(20)15(17)12-19/h5-11H,4,12H2,1-3H3. The smallest absolute Gasteiger partial charge is 0.133 e. The van der Waals surface area contributed by atoms with Gasteiger partial charge in [-0.3, -0.25) is 0 Å². The Morgan fingerprint density at radius 2 is 1.71 bits per heavy atom. The van der Waals surface area contributed by atoms with Gasteiger partial charge in [0.1, 0.15) is 11.5 Å². The minimum atomic E-state index is 0.176. The molecule has 0 atom stereocenters. The molecule has 1 nitrogen and oxygen atoms in total. The number of rotatable bonds is 5. The van der Waals surface area contributed by atoms with Crippen molar-refractivity contribution in [2.75, 3.05) is 0 Å². The number of hydrogen-bond donors (Lipinski definition) is 0. The molecule has 2 rings (SSSR count). The molecule has 0 aliphatic carbocycles. The lowest BCUT2D eigenvalue weighted by Crippen LogP contribution is -2.14. The summed E-state index contributed by atoms with van der Waals surface area (Å²) in [6.07, 6.45) is 1.10. The van der Waals surface area contributed by atoms with E-state index in [2.05, 4.69) is 32.9 Å². The number of alkyl halides is 1. The van der Waals surface area contributed by atoms with Crippen LogP contribution in [-0.4, -0.2) is 0 Å². The first-order valence-electron chi connectivity index (χ1n) is 7.09. The van der Waals surface area contributed by atoms with Crippen LogP contribution in [0.15, 0.2) is 42.5 Å². The van der Waals surface area contributed by atoms with Gasteiger partial charge in [0.2, 0.25) is 0 Å². The van der Waals surface area contributed by atoms with Crippen LogP contribution in [0.2, 0.25) is 5.02 Å². The summed E-state index contributed by atoms with van der Waals surface area (Å²) < 4.78 is 5.91. The number of hydrogen-bond acceptors (Lipinski definition) is 1. The molecule has 0 unspecified atom stereocenters. The number of ether oxygens (including phenoxy) is 1. The SMILES string of the molecule is CCC(C)(C)c1ccc(Oc2cccc(Cl)c2CCl)cc1. The Kier molecular flexibility index (Phi) is 5.18. The Bertz CT molecular complexity index is 603. The van der Waals surface area contributed by atoms with E-state index in [1.54, 1.807) is 0 Å². The summed E-state index contributed by atoms with van der Waals surface area (Å²) in [4.78, 5) is 0. The van der Waals surface area contributed by atoms with Crippen LogP contribution in [0.25, 0.3) is 0 Å². The largest absolute Gasteiger partial charge is 0.457 e. The van der Waals surface area contributed by atoms with Gasteiger partial charge in [0.15, 0.2) is 0 Å². The molecule has 0 heterocycles.